The molecule has 0 aliphatic carbocycles. The summed E-state index contributed by atoms with van der Waals surface area (Å²) in [7, 11) is 0. The molecule has 0 spiro atoms. The molecule has 148 valence electrons. The molecule has 1 fully saturated rings. The molecule has 0 aromatic heterocycles. The van der Waals surface area contributed by atoms with Crippen molar-refractivity contribution in [1.29, 1.82) is 0 Å². The van der Waals surface area contributed by atoms with Crippen LogP contribution in [0.2, 0.25) is 0 Å². The lowest BCUT2D eigenvalue weighted by atomic mass is 10.0. The van der Waals surface area contributed by atoms with Gasteiger partial charge in [0.1, 0.15) is 6.04 Å². The summed E-state index contributed by atoms with van der Waals surface area (Å²) < 4.78 is 5.24. The second kappa shape index (κ2) is 10.7. The van der Waals surface area contributed by atoms with Crippen LogP contribution in [0.3, 0.4) is 0 Å². The highest BCUT2D eigenvalue weighted by atomic mass is 16.5. The number of hydrogen-bond donors (Lipinski definition) is 1. The Morgan fingerprint density at radius 2 is 1.59 bits per heavy atom. The van der Waals surface area contributed by atoms with E-state index < -0.39 is 12.0 Å². The maximum absolute atomic E-state index is 12.5. The third kappa shape index (κ3) is 6.70. The first-order chi connectivity index (χ1) is 13.0. The first-order valence-electron chi connectivity index (χ1n) is 9.79. The van der Waals surface area contributed by atoms with Crippen LogP contribution in [0.4, 0.5) is 0 Å². The molecule has 6 heteroatoms. The Bertz CT molecular complexity index is 622. The van der Waals surface area contributed by atoms with Gasteiger partial charge in [-0.3, -0.25) is 9.59 Å². The van der Waals surface area contributed by atoms with Gasteiger partial charge in [0.15, 0.2) is 6.61 Å². The second-order valence-corrected chi connectivity index (χ2v) is 7.32. The molecule has 2 rings (SSSR count). The van der Waals surface area contributed by atoms with Crippen molar-refractivity contribution >= 4 is 17.8 Å². The highest BCUT2D eigenvalue weighted by Gasteiger charge is 2.27. The van der Waals surface area contributed by atoms with Gasteiger partial charge in [-0.2, -0.15) is 0 Å². The van der Waals surface area contributed by atoms with Gasteiger partial charge in [-0.1, -0.05) is 51.3 Å². The average molecular weight is 374 g/mol. The Balaban J connectivity index is 1.88. The van der Waals surface area contributed by atoms with E-state index in [9.17, 15) is 14.4 Å². The first kappa shape index (κ1) is 20.9. The van der Waals surface area contributed by atoms with Crippen LogP contribution in [0.1, 0.15) is 56.3 Å². The van der Waals surface area contributed by atoms with Gasteiger partial charge in [0.2, 0.25) is 0 Å². The molecule has 1 N–H and O–H groups in total. The smallest absolute Gasteiger partial charge is 0.329 e. The van der Waals surface area contributed by atoms with Gasteiger partial charge in [-0.05, 0) is 30.9 Å². The normalized spacial score (nSPS) is 16.2. The Hall–Kier alpha value is -2.37. The maximum atomic E-state index is 12.5. The molecule has 0 radical (unpaired) electrons. The fourth-order valence-corrected chi connectivity index (χ4v) is 3.12. The van der Waals surface area contributed by atoms with Crippen LogP contribution in [0.25, 0.3) is 0 Å². The molecule has 1 aromatic carbocycles. The van der Waals surface area contributed by atoms with Gasteiger partial charge >= 0.3 is 5.97 Å². The monoisotopic (exact) mass is 374 g/mol. The van der Waals surface area contributed by atoms with Gasteiger partial charge in [-0.25, -0.2) is 4.79 Å². The molecule has 1 aromatic rings. The van der Waals surface area contributed by atoms with Crippen LogP contribution in [0, 0.1) is 5.92 Å². The van der Waals surface area contributed by atoms with E-state index in [1.54, 1.807) is 29.2 Å². The lowest BCUT2D eigenvalue weighted by Crippen LogP contribution is -2.46. The van der Waals surface area contributed by atoms with Crippen LogP contribution in [0.15, 0.2) is 30.3 Å². The number of benzene rings is 1. The quantitative estimate of drug-likeness (QED) is 0.777. The molecular formula is C21H30N2O4. The van der Waals surface area contributed by atoms with Gasteiger partial charge in [-0.15, -0.1) is 0 Å². The number of carbonyl (C=O) groups excluding carboxylic acids is 3. The summed E-state index contributed by atoms with van der Waals surface area (Å²) in [6, 6.07) is 7.92. The van der Waals surface area contributed by atoms with Crippen LogP contribution in [-0.2, 0) is 14.3 Å². The number of ether oxygens (including phenoxy) is 1. The van der Waals surface area contributed by atoms with Gasteiger partial charge in [0.25, 0.3) is 11.8 Å². The zero-order valence-electron chi connectivity index (χ0n) is 16.3. The molecule has 0 bridgehead atoms. The van der Waals surface area contributed by atoms with Crippen molar-refractivity contribution in [3.05, 3.63) is 35.9 Å². The van der Waals surface area contributed by atoms with E-state index in [0.717, 1.165) is 38.8 Å². The summed E-state index contributed by atoms with van der Waals surface area (Å²) in [5.41, 5.74) is 0.479. The van der Waals surface area contributed by atoms with Crippen molar-refractivity contribution < 1.29 is 19.1 Å². The minimum absolute atomic E-state index is 0.151. The highest BCUT2D eigenvalue weighted by molar-refractivity contribution is 5.97. The Morgan fingerprint density at radius 1 is 1.00 bits per heavy atom. The minimum atomic E-state index is -0.794. The van der Waals surface area contributed by atoms with E-state index in [1.165, 1.54) is 6.42 Å². The molecule has 27 heavy (non-hydrogen) atoms. The SMILES string of the molecule is CC(C)[C@H](NC(=O)c1ccccc1)C(=O)OCC(=O)N1CCCCCCC1. The summed E-state index contributed by atoms with van der Waals surface area (Å²) in [5.74, 6) is -1.22. The van der Waals surface area contributed by atoms with Crippen molar-refractivity contribution in [2.24, 2.45) is 5.92 Å². The molecule has 0 saturated carbocycles. The van der Waals surface area contributed by atoms with Crippen LogP contribution in [-0.4, -0.2) is 48.4 Å². The van der Waals surface area contributed by atoms with E-state index in [4.69, 9.17) is 4.74 Å². The van der Waals surface area contributed by atoms with Crippen LogP contribution in [0.5, 0.6) is 0 Å². The third-order valence-corrected chi connectivity index (χ3v) is 4.79. The number of hydrogen-bond acceptors (Lipinski definition) is 4. The van der Waals surface area contributed by atoms with Crippen LogP contribution < -0.4 is 5.32 Å². The molecule has 1 aliphatic heterocycles. The largest absolute Gasteiger partial charge is 0.454 e. The van der Waals surface area contributed by atoms with E-state index in [1.807, 2.05) is 19.9 Å². The van der Waals surface area contributed by atoms with Crippen molar-refractivity contribution in [2.75, 3.05) is 19.7 Å². The Kier molecular flexibility index (Phi) is 8.30. The summed E-state index contributed by atoms with van der Waals surface area (Å²) in [6.45, 7) is 4.82. The van der Waals surface area contributed by atoms with Gasteiger partial charge < -0.3 is 15.0 Å². The summed E-state index contributed by atoms with van der Waals surface area (Å²) >= 11 is 0. The highest BCUT2D eigenvalue weighted by Crippen LogP contribution is 2.11. The van der Waals surface area contributed by atoms with E-state index in [2.05, 4.69) is 5.32 Å². The Labute approximate surface area is 161 Å². The summed E-state index contributed by atoms with van der Waals surface area (Å²) in [6.07, 6.45) is 5.45. The van der Waals surface area contributed by atoms with Crippen molar-refractivity contribution in [3.63, 3.8) is 0 Å². The predicted octanol–water partition coefficient (Wildman–Crippen LogP) is 2.78. The third-order valence-electron chi connectivity index (χ3n) is 4.79. The minimum Gasteiger partial charge on any atom is -0.454 e. The van der Waals surface area contributed by atoms with Crippen molar-refractivity contribution in [3.8, 4) is 0 Å². The van der Waals surface area contributed by atoms with E-state index in [0.29, 0.717) is 5.56 Å². The zero-order chi connectivity index (χ0) is 19.6. The van der Waals surface area contributed by atoms with E-state index >= 15 is 0 Å². The van der Waals surface area contributed by atoms with Crippen molar-refractivity contribution in [2.45, 2.75) is 52.0 Å². The number of esters is 1. The molecule has 1 atom stereocenters. The number of rotatable bonds is 6. The van der Waals surface area contributed by atoms with E-state index in [-0.39, 0.29) is 24.3 Å². The number of likely N-dealkylation sites (tertiary alicyclic amines) is 1. The molecule has 1 heterocycles. The van der Waals surface area contributed by atoms with Gasteiger partial charge in [0.05, 0.1) is 0 Å². The number of nitrogens with one attached hydrogen (secondary N) is 1. The number of carbonyl (C=O) groups is 3. The van der Waals surface area contributed by atoms with Crippen molar-refractivity contribution in [1.82, 2.24) is 10.2 Å². The molecule has 6 nitrogen and oxygen atoms in total. The number of amides is 2. The Morgan fingerprint density at radius 3 is 2.19 bits per heavy atom. The predicted molar refractivity (Wildman–Crippen MR) is 103 cm³/mol. The lowest BCUT2D eigenvalue weighted by Gasteiger charge is -2.25. The molecule has 1 aliphatic rings. The summed E-state index contributed by atoms with van der Waals surface area (Å²) in [4.78, 5) is 38.9. The standard InChI is InChI=1S/C21H30N2O4/c1-16(2)19(22-20(25)17-11-7-6-8-12-17)21(26)27-15-18(24)23-13-9-4-3-5-10-14-23/h6-8,11-12,16,19H,3-5,9-10,13-15H2,1-2H3,(H,22,25)/t19-/m0/s1. The fraction of sp³-hybridized carbons (Fsp3) is 0.571. The molecule has 2 amide bonds. The summed E-state index contributed by atoms with van der Waals surface area (Å²) in [5, 5.41) is 2.72. The molecule has 1 saturated heterocycles. The first-order valence-corrected chi connectivity index (χ1v) is 9.79. The average Bonchev–Trinajstić information content (AvgIpc) is 2.64. The topological polar surface area (TPSA) is 75.7 Å². The second-order valence-electron chi connectivity index (χ2n) is 7.32. The zero-order valence-corrected chi connectivity index (χ0v) is 16.3. The van der Waals surface area contributed by atoms with Crippen LogP contribution >= 0.6 is 0 Å². The fourth-order valence-electron chi connectivity index (χ4n) is 3.12. The maximum Gasteiger partial charge on any atom is 0.329 e. The molecular weight excluding hydrogens is 344 g/mol. The van der Waals surface area contributed by atoms with Gasteiger partial charge in [0, 0.05) is 18.7 Å². The lowest BCUT2D eigenvalue weighted by molar-refractivity contribution is -0.154. The number of nitrogens with zero attached hydrogens (tertiary/aromatic N) is 1. The molecule has 0 unspecified atom stereocenters.